The van der Waals surface area contributed by atoms with Gasteiger partial charge in [0, 0.05) is 12.8 Å². The molecule has 0 aromatic heterocycles. The fourth-order valence-electron chi connectivity index (χ4n) is 3.40. The van der Waals surface area contributed by atoms with Crippen molar-refractivity contribution in [3.8, 4) is 5.75 Å². The second kappa shape index (κ2) is 9.97. The van der Waals surface area contributed by atoms with Crippen molar-refractivity contribution in [1.82, 2.24) is 0 Å². The lowest BCUT2D eigenvalue weighted by Gasteiger charge is -2.26. The number of nitrogens with zero attached hydrogens (tertiary/aromatic N) is 1. The van der Waals surface area contributed by atoms with Gasteiger partial charge in [0.25, 0.3) is 0 Å². The van der Waals surface area contributed by atoms with Crippen LogP contribution in [-0.2, 0) is 9.47 Å². The molecule has 1 aliphatic carbocycles. The maximum absolute atomic E-state index is 12.5. The van der Waals surface area contributed by atoms with Crippen molar-refractivity contribution in [3.63, 3.8) is 0 Å². The van der Waals surface area contributed by atoms with Crippen molar-refractivity contribution in [2.75, 3.05) is 18.5 Å². The molecule has 3 N–H and O–H groups in total. The standard InChI is InChI=1S/C18H24F3N3O3.HI/c19-18(20,21)27-15-8-4-3-7-14(15)24-16(22)23-11-13-12-25-17(26-13)9-5-1-2-6-10-17;/h3-4,7-8,13H,1-2,5-6,9-12H2,(H3,22,23,24);1H. The summed E-state index contributed by atoms with van der Waals surface area (Å²) in [6.07, 6.45) is 1.29. The van der Waals surface area contributed by atoms with Crippen LogP contribution in [0.3, 0.4) is 0 Å². The van der Waals surface area contributed by atoms with Crippen LogP contribution in [0.5, 0.6) is 5.75 Å². The third-order valence-electron chi connectivity index (χ3n) is 4.62. The Morgan fingerprint density at radius 1 is 1.21 bits per heavy atom. The first-order valence-electron chi connectivity index (χ1n) is 9.09. The minimum absolute atomic E-state index is 0. The molecule has 2 fully saturated rings. The van der Waals surface area contributed by atoms with Gasteiger partial charge in [-0.25, -0.2) is 0 Å². The van der Waals surface area contributed by atoms with E-state index in [1.54, 1.807) is 6.07 Å². The molecule has 2 aliphatic rings. The molecule has 1 saturated heterocycles. The molecule has 1 unspecified atom stereocenters. The van der Waals surface area contributed by atoms with Crippen LogP contribution in [0.4, 0.5) is 18.9 Å². The monoisotopic (exact) mass is 515 g/mol. The number of alkyl halides is 3. The van der Waals surface area contributed by atoms with Crippen molar-refractivity contribution < 1.29 is 27.4 Å². The number of hydrogen-bond acceptors (Lipinski definition) is 4. The fourth-order valence-corrected chi connectivity index (χ4v) is 3.40. The summed E-state index contributed by atoms with van der Waals surface area (Å²) in [6, 6.07) is 5.64. The van der Waals surface area contributed by atoms with E-state index >= 15 is 0 Å². The first kappa shape index (κ1) is 23.0. The molecule has 0 amide bonds. The van der Waals surface area contributed by atoms with E-state index in [1.165, 1.54) is 31.0 Å². The van der Waals surface area contributed by atoms with Crippen LogP contribution in [0.25, 0.3) is 0 Å². The zero-order valence-electron chi connectivity index (χ0n) is 15.3. The molecular weight excluding hydrogens is 490 g/mol. The highest BCUT2D eigenvalue weighted by Crippen LogP contribution is 2.36. The topological polar surface area (TPSA) is 78.1 Å². The lowest BCUT2D eigenvalue weighted by Crippen LogP contribution is -2.31. The molecule has 1 spiro atoms. The van der Waals surface area contributed by atoms with Gasteiger partial charge in [-0.3, -0.25) is 4.99 Å². The number of para-hydroxylation sites is 2. The minimum atomic E-state index is -4.79. The second-order valence-electron chi connectivity index (χ2n) is 6.77. The molecule has 1 aliphatic heterocycles. The molecule has 10 heteroatoms. The predicted molar refractivity (Wildman–Crippen MR) is 110 cm³/mol. The van der Waals surface area contributed by atoms with Crippen LogP contribution in [-0.4, -0.2) is 37.4 Å². The van der Waals surface area contributed by atoms with Gasteiger partial charge in [-0.15, -0.1) is 37.1 Å². The number of nitrogens with one attached hydrogen (secondary N) is 1. The molecule has 6 nitrogen and oxygen atoms in total. The Hall–Kier alpha value is -1.27. The summed E-state index contributed by atoms with van der Waals surface area (Å²) < 4.78 is 53.4. The Morgan fingerprint density at radius 2 is 1.89 bits per heavy atom. The first-order chi connectivity index (χ1) is 12.9. The lowest BCUT2D eigenvalue weighted by atomic mass is 10.1. The van der Waals surface area contributed by atoms with Gasteiger partial charge < -0.3 is 25.3 Å². The maximum atomic E-state index is 12.5. The fraction of sp³-hybridized carbons (Fsp3) is 0.611. The summed E-state index contributed by atoms with van der Waals surface area (Å²) in [4.78, 5) is 4.18. The summed E-state index contributed by atoms with van der Waals surface area (Å²) in [5.74, 6) is -0.897. The molecule has 1 saturated carbocycles. The van der Waals surface area contributed by atoms with Crippen molar-refractivity contribution in [2.45, 2.75) is 56.8 Å². The Kier molecular flexibility index (Phi) is 8.19. The number of aliphatic imine (C=N–C) groups is 1. The number of hydrogen-bond donors (Lipinski definition) is 2. The summed E-state index contributed by atoms with van der Waals surface area (Å²) >= 11 is 0. The number of nitrogens with two attached hydrogens (primary N) is 1. The Balaban J connectivity index is 0.00000280. The summed E-state index contributed by atoms with van der Waals surface area (Å²) in [6.45, 7) is 0.702. The third-order valence-corrected chi connectivity index (χ3v) is 4.62. The SMILES string of the molecule is I.NC(=NCC1COC2(CCCCCC2)O1)Nc1ccccc1OC(F)(F)F. The smallest absolute Gasteiger partial charge is 0.404 e. The van der Waals surface area contributed by atoms with E-state index in [1.807, 2.05) is 0 Å². The van der Waals surface area contributed by atoms with Crippen LogP contribution in [0.1, 0.15) is 38.5 Å². The minimum Gasteiger partial charge on any atom is -0.404 e. The van der Waals surface area contributed by atoms with Gasteiger partial charge in [0.2, 0.25) is 0 Å². The van der Waals surface area contributed by atoms with E-state index in [0.717, 1.165) is 25.7 Å². The average Bonchev–Trinajstić information content (AvgIpc) is 2.85. The van der Waals surface area contributed by atoms with Gasteiger partial charge in [-0.2, -0.15) is 0 Å². The van der Waals surface area contributed by atoms with E-state index in [4.69, 9.17) is 15.2 Å². The van der Waals surface area contributed by atoms with Crippen molar-refractivity contribution in [3.05, 3.63) is 24.3 Å². The molecule has 1 atom stereocenters. The second-order valence-corrected chi connectivity index (χ2v) is 6.77. The molecule has 0 bridgehead atoms. The zero-order valence-corrected chi connectivity index (χ0v) is 17.7. The van der Waals surface area contributed by atoms with E-state index in [0.29, 0.717) is 6.61 Å². The van der Waals surface area contributed by atoms with Gasteiger partial charge >= 0.3 is 6.36 Å². The quantitative estimate of drug-likeness (QED) is 0.354. The van der Waals surface area contributed by atoms with Gasteiger partial charge in [0.05, 0.1) is 18.8 Å². The van der Waals surface area contributed by atoms with Gasteiger partial charge in [0.1, 0.15) is 6.10 Å². The predicted octanol–water partition coefficient (Wildman–Crippen LogP) is 4.40. The zero-order chi connectivity index (χ0) is 19.3. The lowest BCUT2D eigenvalue weighted by molar-refractivity contribution is -0.274. The molecule has 0 radical (unpaired) electrons. The number of benzene rings is 1. The van der Waals surface area contributed by atoms with Crippen molar-refractivity contribution in [2.24, 2.45) is 10.7 Å². The van der Waals surface area contributed by atoms with Crippen LogP contribution < -0.4 is 15.8 Å². The summed E-state index contributed by atoms with van der Waals surface area (Å²) in [5, 5.41) is 2.64. The van der Waals surface area contributed by atoms with E-state index < -0.39 is 12.1 Å². The van der Waals surface area contributed by atoms with E-state index in [9.17, 15) is 13.2 Å². The summed E-state index contributed by atoms with van der Waals surface area (Å²) in [5.41, 5.74) is 5.90. The molecule has 1 heterocycles. The van der Waals surface area contributed by atoms with Gasteiger partial charge in [-0.1, -0.05) is 25.0 Å². The molecule has 3 rings (SSSR count). The number of rotatable bonds is 4. The van der Waals surface area contributed by atoms with Gasteiger partial charge in [-0.05, 0) is 25.0 Å². The van der Waals surface area contributed by atoms with Crippen LogP contribution in [0, 0.1) is 0 Å². The van der Waals surface area contributed by atoms with E-state index in [-0.39, 0.29) is 54.0 Å². The number of guanidine groups is 1. The normalized spacial score (nSPS) is 22.4. The first-order valence-corrected chi connectivity index (χ1v) is 9.09. The number of halogens is 4. The highest BCUT2D eigenvalue weighted by atomic mass is 127. The molecule has 1 aromatic rings. The van der Waals surface area contributed by atoms with Gasteiger partial charge in [0.15, 0.2) is 17.5 Å². The highest BCUT2D eigenvalue weighted by molar-refractivity contribution is 14.0. The van der Waals surface area contributed by atoms with E-state index in [2.05, 4.69) is 15.0 Å². The molecular formula is C18H25F3IN3O3. The van der Waals surface area contributed by atoms with Crippen LogP contribution >= 0.6 is 24.0 Å². The molecule has 28 heavy (non-hydrogen) atoms. The number of anilines is 1. The third kappa shape index (κ3) is 6.66. The molecule has 158 valence electrons. The van der Waals surface area contributed by atoms with Crippen molar-refractivity contribution in [1.29, 1.82) is 0 Å². The summed E-state index contributed by atoms with van der Waals surface area (Å²) in [7, 11) is 0. The Labute approximate surface area is 179 Å². The van der Waals surface area contributed by atoms with Crippen LogP contribution in [0.15, 0.2) is 29.3 Å². The number of ether oxygens (including phenoxy) is 3. The molecule has 1 aromatic carbocycles. The maximum Gasteiger partial charge on any atom is 0.573 e. The van der Waals surface area contributed by atoms with Crippen molar-refractivity contribution >= 4 is 35.6 Å². The highest BCUT2D eigenvalue weighted by Gasteiger charge is 2.41. The average molecular weight is 515 g/mol. The Morgan fingerprint density at radius 3 is 2.57 bits per heavy atom. The van der Waals surface area contributed by atoms with Crippen LogP contribution in [0.2, 0.25) is 0 Å². The largest absolute Gasteiger partial charge is 0.573 e. The Bertz CT molecular complexity index is 665.